The average Bonchev–Trinajstić information content (AvgIpc) is 2.46. The minimum atomic E-state index is 0.743. The van der Waals surface area contributed by atoms with Crippen molar-refractivity contribution in [1.82, 2.24) is 5.32 Å². The molecule has 1 aliphatic carbocycles. The van der Waals surface area contributed by atoms with E-state index in [9.17, 15) is 0 Å². The number of benzene rings is 1. The lowest BCUT2D eigenvalue weighted by atomic mass is 9.94. The third kappa shape index (κ3) is 3.73. The molecule has 0 radical (unpaired) electrons. The van der Waals surface area contributed by atoms with Crippen molar-refractivity contribution < 1.29 is 0 Å². The van der Waals surface area contributed by atoms with Crippen LogP contribution in [-0.4, -0.2) is 19.6 Å². The number of nitrogens with one attached hydrogen (secondary N) is 1. The summed E-state index contributed by atoms with van der Waals surface area (Å²) >= 11 is 0. The Hall–Kier alpha value is -1.02. The van der Waals surface area contributed by atoms with Crippen LogP contribution in [0.25, 0.3) is 0 Å². The molecule has 0 bridgehead atoms. The maximum absolute atomic E-state index is 3.40. The van der Waals surface area contributed by atoms with Gasteiger partial charge in [-0.2, -0.15) is 0 Å². The van der Waals surface area contributed by atoms with Crippen LogP contribution >= 0.6 is 0 Å². The predicted molar refractivity (Wildman–Crippen MR) is 83.8 cm³/mol. The summed E-state index contributed by atoms with van der Waals surface area (Å²) in [4.78, 5) is 2.49. The standard InChI is InChI=1S/C17H28N2/c1-4-18-13-15-10-11-17(12-14(15)2)19(3)16-8-6-5-7-9-16/h10-12,16,18H,4-9,13H2,1-3H3. The van der Waals surface area contributed by atoms with Crippen LogP contribution < -0.4 is 10.2 Å². The molecule has 1 fully saturated rings. The van der Waals surface area contributed by atoms with Crippen LogP contribution in [0.15, 0.2) is 18.2 Å². The van der Waals surface area contributed by atoms with Gasteiger partial charge in [-0.1, -0.05) is 32.3 Å². The molecule has 19 heavy (non-hydrogen) atoms. The molecule has 1 aromatic rings. The van der Waals surface area contributed by atoms with E-state index in [1.54, 1.807) is 0 Å². The van der Waals surface area contributed by atoms with Crippen LogP contribution in [0.5, 0.6) is 0 Å². The smallest absolute Gasteiger partial charge is 0.0368 e. The molecule has 2 heteroatoms. The molecule has 0 aromatic heterocycles. The molecule has 1 aromatic carbocycles. The number of rotatable bonds is 5. The lowest BCUT2D eigenvalue weighted by Crippen LogP contribution is -2.33. The number of hydrogen-bond donors (Lipinski definition) is 1. The minimum Gasteiger partial charge on any atom is -0.372 e. The Bertz CT molecular complexity index is 394. The molecule has 0 atom stereocenters. The molecule has 2 nitrogen and oxygen atoms in total. The van der Waals surface area contributed by atoms with Crippen LogP contribution in [0.4, 0.5) is 5.69 Å². The van der Waals surface area contributed by atoms with Crippen LogP contribution in [0.1, 0.15) is 50.2 Å². The minimum absolute atomic E-state index is 0.743. The van der Waals surface area contributed by atoms with Gasteiger partial charge >= 0.3 is 0 Å². The Labute approximate surface area is 118 Å². The second-order valence-corrected chi connectivity index (χ2v) is 5.79. The first kappa shape index (κ1) is 14.4. The SMILES string of the molecule is CCNCc1ccc(N(C)C2CCCCC2)cc1C. The number of aryl methyl sites for hydroxylation is 1. The van der Waals surface area contributed by atoms with E-state index in [0.29, 0.717) is 0 Å². The molecule has 1 N–H and O–H groups in total. The molecule has 2 rings (SSSR count). The normalized spacial score (nSPS) is 16.6. The van der Waals surface area contributed by atoms with Crippen molar-refractivity contribution in [3.63, 3.8) is 0 Å². The Kier molecular flexibility index (Phi) is 5.26. The molecular formula is C17H28N2. The van der Waals surface area contributed by atoms with E-state index in [-0.39, 0.29) is 0 Å². The van der Waals surface area contributed by atoms with Crippen molar-refractivity contribution >= 4 is 5.69 Å². The van der Waals surface area contributed by atoms with E-state index in [2.05, 4.69) is 49.3 Å². The Morgan fingerprint density at radius 2 is 1.95 bits per heavy atom. The van der Waals surface area contributed by atoms with Crippen molar-refractivity contribution in [2.45, 2.75) is 58.5 Å². The lowest BCUT2D eigenvalue weighted by molar-refractivity contribution is 0.427. The maximum Gasteiger partial charge on any atom is 0.0368 e. The Morgan fingerprint density at radius 3 is 2.58 bits per heavy atom. The highest BCUT2D eigenvalue weighted by Crippen LogP contribution is 2.27. The van der Waals surface area contributed by atoms with Gasteiger partial charge in [-0.15, -0.1) is 0 Å². The van der Waals surface area contributed by atoms with E-state index < -0.39 is 0 Å². The first-order valence-corrected chi connectivity index (χ1v) is 7.75. The quantitative estimate of drug-likeness (QED) is 0.864. The molecule has 0 aliphatic heterocycles. The molecule has 0 spiro atoms. The number of nitrogens with zero attached hydrogens (tertiary/aromatic N) is 1. The van der Waals surface area contributed by atoms with E-state index in [1.807, 2.05) is 0 Å². The summed E-state index contributed by atoms with van der Waals surface area (Å²) in [5.41, 5.74) is 4.20. The van der Waals surface area contributed by atoms with E-state index in [1.165, 1.54) is 48.9 Å². The van der Waals surface area contributed by atoms with E-state index in [0.717, 1.165) is 19.1 Å². The van der Waals surface area contributed by atoms with E-state index >= 15 is 0 Å². The molecule has 0 unspecified atom stereocenters. The molecule has 0 amide bonds. The first-order valence-electron chi connectivity index (χ1n) is 7.75. The van der Waals surface area contributed by atoms with Crippen LogP contribution in [-0.2, 0) is 6.54 Å². The van der Waals surface area contributed by atoms with Gasteiger partial charge in [-0.05, 0) is 49.6 Å². The van der Waals surface area contributed by atoms with Crippen LogP contribution in [0.3, 0.4) is 0 Å². The molecule has 0 saturated heterocycles. The van der Waals surface area contributed by atoms with Gasteiger partial charge in [0.15, 0.2) is 0 Å². The zero-order valence-corrected chi connectivity index (χ0v) is 12.7. The average molecular weight is 260 g/mol. The van der Waals surface area contributed by atoms with Gasteiger partial charge in [-0.3, -0.25) is 0 Å². The summed E-state index contributed by atoms with van der Waals surface area (Å²) in [5, 5.41) is 3.40. The first-order chi connectivity index (χ1) is 9.22. The summed E-state index contributed by atoms with van der Waals surface area (Å²) < 4.78 is 0. The second-order valence-electron chi connectivity index (χ2n) is 5.79. The summed E-state index contributed by atoms with van der Waals surface area (Å²) in [6.45, 7) is 6.39. The maximum atomic E-state index is 3.40. The summed E-state index contributed by atoms with van der Waals surface area (Å²) in [5.74, 6) is 0. The highest BCUT2D eigenvalue weighted by atomic mass is 15.1. The zero-order valence-electron chi connectivity index (χ0n) is 12.7. The number of hydrogen-bond acceptors (Lipinski definition) is 2. The molecule has 1 aliphatic rings. The fourth-order valence-corrected chi connectivity index (χ4v) is 3.04. The topological polar surface area (TPSA) is 15.3 Å². The predicted octanol–water partition coefficient (Wildman–Crippen LogP) is 3.87. The van der Waals surface area contributed by atoms with Crippen molar-refractivity contribution in [3.8, 4) is 0 Å². The summed E-state index contributed by atoms with van der Waals surface area (Å²) in [6, 6.07) is 7.66. The Morgan fingerprint density at radius 1 is 1.21 bits per heavy atom. The van der Waals surface area contributed by atoms with Crippen molar-refractivity contribution in [1.29, 1.82) is 0 Å². The monoisotopic (exact) mass is 260 g/mol. The Balaban J connectivity index is 2.05. The zero-order chi connectivity index (χ0) is 13.7. The summed E-state index contributed by atoms with van der Waals surface area (Å²) in [7, 11) is 2.26. The van der Waals surface area contributed by atoms with Crippen LogP contribution in [0, 0.1) is 6.92 Å². The molecule has 0 heterocycles. The fourth-order valence-electron chi connectivity index (χ4n) is 3.04. The largest absolute Gasteiger partial charge is 0.372 e. The second kappa shape index (κ2) is 6.95. The van der Waals surface area contributed by atoms with Gasteiger partial charge in [0.1, 0.15) is 0 Å². The summed E-state index contributed by atoms with van der Waals surface area (Å²) in [6.07, 6.45) is 6.92. The number of anilines is 1. The van der Waals surface area contributed by atoms with Gasteiger partial charge < -0.3 is 10.2 Å². The fraction of sp³-hybridized carbons (Fsp3) is 0.647. The van der Waals surface area contributed by atoms with Gasteiger partial charge in [0.05, 0.1) is 0 Å². The van der Waals surface area contributed by atoms with Gasteiger partial charge in [0.25, 0.3) is 0 Å². The third-order valence-electron chi connectivity index (χ3n) is 4.42. The molecule has 106 valence electrons. The van der Waals surface area contributed by atoms with Crippen LogP contribution in [0.2, 0.25) is 0 Å². The highest BCUT2D eigenvalue weighted by molar-refractivity contribution is 5.51. The van der Waals surface area contributed by atoms with E-state index in [4.69, 9.17) is 0 Å². The lowest BCUT2D eigenvalue weighted by Gasteiger charge is -2.33. The highest BCUT2D eigenvalue weighted by Gasteiger charge is 2.18. The van der Waals surface area contributed by atoms with Crippen molar-refractivity contribution in [3.05, 3.63) is 29.3 Å². The van der Waals surface area contributed by atoms with Gasteiger partial charge in [0.2, 0.25) is 0 Å². The molecular weight excluding hydrogens is 232 g/mol. The third-order valence-corrected chi connectivity index (χ3v) is 4.42. The molecule has 1 saturated carbocycles. The van der Waals surface area contributed by atoms with Crippen molar-refractivity contribution in [2.24, 2.45) is 0 Å². The van der Waals surface area contributed by atoms with Crippen molar-refractivity contribution in [2.75, 3.05) is 18.5 Å². The van der Waals surface area contributed by atoms with Gasteiger partial charge in [-0.25, -0.2) is 0 Å². The van der Waals surface area contributed by atoms with Gasteiger partial charge in [0, 0.05) is 25.3 Å².